The van der Waals surface area contributed by atoms with Crippen LogP contribution in [0.4, 0.5) is 5.69 Å². The number of anilines is 1. The maximum absolute atomic E-state index is 12.0. The summed E-state index contributed by atoms with van der Waals surface area (Å²) in [6.45, 7) is 3.96. The summed E-state index contributed by atoms with van der Waals surface area (Å²) in [6, 6.07) is 6.58. The summed E-state index contributed by atoms with van der Waals surface area (Å²) in [4.78, 5) is 24.0. The van der Waals surface area contributed by atoms with Gasteiger partial charge >= 0.3 is 0 Å². The molecule has 1 aliphatic heterocycles. The van der Waals surface area contributed by atoms with Crippen LogP contribution >= 0.6 is 0 Å². The van der Waals surface area contributed by atoms with Gasteiger partial charge < -0.3 is 10.6 Å². The van der Waals surface area contributed by atoms with Crippen molar-refractivity contribution in [2.24, 2.45) is 5.92 Å². The summed E-state index contributed by atoms with van der Waals surface area (Å²) in [5.41, 5.74) is 1.10. The molecular weight excluding hydrogens is 216 g/mol. The van der Waals surface area contributed by atoms with Crippen molar-refractivity contribution in [3.05, 3.63) is 29.8 Å². The third-order valence-corrected chi connectivity index (χ3v) is 3.21. The van der Waals surface area contributed by atoms with Crippen LogP contribution in [0.2, 0.25) is 0 Å². The summed E-state index contributed by atoms with van der Waals surface area (Å²) in [5, 5.41) is 5.58. The molecule has 0 saturated heterocycles. The molecule has 0 saturated carbocycles. The number of rotatable bonds is 2. The highest BCUT2D eigenvalue weighted by Gasteiger charge is 2.30. The van der Waals surface area contributed by atoms with Gasteiger partial charge in [0.2, 0.25) is 5.91 Å². The summed E-state index contributed by atoms with van der Waals surface area (Å²) >= 11 is 0. The van der Waals surface area contributed by atoms with Gasteiger partial charge in [0, 0.05) is 0 Å². The van der Waals surface area contributed by atoms with E-state index in [0.717, 1.165) is 6.42 Å². The molecule has 2 atom stereocenters. The fourth-order valence-corrected chi connectivity index (χ4v) is 1.92. The molecule has 0 radical (unpaired) electrons. The molecule has 2 amide bonds. The van der Waals surface area contributed by atoms with Crippen molar-refractivity contribution in [2.45, 2.75) is 26.3 Å². The van der Waals surface area contributed by atoms with Gasteiger partial charge in [0.25, 0.3) is 5.91 Å². The highest BCUT2D eigenvalue weighted by atomic mass is 16.2. The summed E-state index contributed by atoms with van der Waals surface area (Å²) in [6.07, 6.45) is 0.842. The van der Waals surface area contributed by atoms with Gasteiger partial charge in [-0.25, -0.2) is 0 Å². The maximum atomic E-state index is 12.0. The third-order valence-electron chi connectivity index (χ3n) is 3.21. The SMILES string of the molecule is CC[C@H](C)[C@@H]1NC(=O)c2ccccc2NC1=O. The molecule has 1 heterocycles. The number of carbonyl (C=O) groups excluding carboxylic acids is 2. The van der Waals surface area contributed by atoms with Crippen molar-refractivity contribution >= 4 is 17.5 Å². The zero-order chi connectivity index (χ0) is 12.4. The van der Waals surface area contributed by atoms with E-state index in [1.165, 1.54) is 0 Å². The van der Waals surface area contributed by atoms with Crippen LogP contribution in [0.3, 0.4) is 0 Å². The molecule has 1 aliphatic rings. The number of nitrogens with one attached hydrogen (secondary N) is 2. The molecular formula is C13H16N2O2. The quantitative estimate of drug-likeness (QED) is 0.816. The largest absolute Gasteiger partial charge is 0.340 e. The fraction of sp³-hybridized carbons (Fsp3) is 0.385. The van der Waals surface area contributed by atoms with E-state index in [1.54, 1.807) is 24.3 Å². The van der Waals surface area contributed by atoms with Gasteiger partial charge in [0.15, 0.2) is 0 Å². The first-order chi connectivity index (χ1) is 8.13. The Bertz CT molecular complexity index is 456. The average Bonchev–Trinajstić information content (AvgIpc) is 2.46. The molecule has 0 spiro atoms. The minimum atomic E-state index is -0.458. The van der Waals surface area contributed by atoms with Crippen molar-refractivity contribution < 1.29 is 9.59 Å². The Balaban J connectivity index is 2.35. The van der Waals surface area contributed by atoms with E-state index in [9.17, 15) is 9.59 Å². The van der Waals surface area contributed by atoms with Crippen LogP contribution in [0.1, 0.15) is 30.6 Å². The Labute approximate surface area is 100 Å². The van der Waals surface area contributed by atoms with Crippen molar-refractivity contribution in [1.29, 1.82) is 0 Å². The molecule has 0 bridgehead atoms. The predicted molar refractivity (Wildman–Crippen MR) is 65.8 cm³/mol. The van der Waals surface area contributed by atoms with Gasteiger partial charge in [-0.1, -0.05) is 32.4 Å². The Morgan fingerprint density at radius 2 is 2.00 bits per heavy atom. The molecule has 2 N–H and O–H groups in total. The molecule has 0 fully saturated rings. The Morgan fingerprint density at radius 3 is 2.71 bits per heavy atom. The fourth-order valence-electron chi connectivity index (χ4n) is 1.92. The second-order valence-electron chi connectivity index (χ2n) is 4.37. The van der Waals surface area contributed by atoms with Crippen LogP contribution in [-0.4, -0.2) is 17.9 Å². The molecule has 4 nitrogen and oxygen atoms in total. The number of para-hydroxylation sites is 1. The van der Waals surface area contributed by atoms with Gasteiger partial charge in [-0.05, 0) is 18.1 Å². The van der Waals surface area contributed by atoms with Gasteiger partial charge in [0.05, 0.1) is 11.3 Å². The third kappa shape index (κ3) is 2.16. The number of carbonyl (C=O) groups is 2. The van der Waals surface area contributed by atoms with Crippen LogP contribution in [-0.2, 0) is 4.79 Å². The molecule has 1 aromatic carbocycles. The van der Waals surface area contributed by atoms with Crippen molar-refractivity contribution in [1.82, 2.24) is 5.32 Å². The van der Waals surface area contributed by atoms with E-state index in [-0.39, 0.29) is 17.7 Å². The summed E-state index contributed by atoms with van der Waals surface area (Å²) < 4.78 is 0. The molecule has 0 aliphatic carbocycles. The van der Waals surface area contributed by atoms with Crippen LogP contribution in [0.5, 0.6) is 0 Å². The van der Waals surface area contributed by atoms with Crippen LogP contribution in [0.15, 0.2) is 24.3 Å². The smallest absolute Gasteiger partial charge is 0.254 e. The highest BCUT2D eigenvalue weighted by molar-refractivity contribution is 6.09. The van der Waals surface area contributed by atoms with E-state index in [4.69, 9.17) is 0 Å². The van der Waals surface area contributed by atoms with Gasteiger partial charge in [-0.2, -0.15) is 0 Å². The molecule has 90 valence electrons. The Morgan fingerprint density at radius 1 is 1.29 bits per heavy atom. The lowest BCUT2D eigenvalue weighted by atomic mass is 9.98. The molecule has 0 unspecified atom stereocenters. The van der Waals surface area contributed by atoms with E-state index in [1.807, 2.05) is 13.8 Å². The van der Waals surface area contributed by atoms with Gasteiger partial charge in [0.1, 0.15) is 6.04 Å². The first-order valence-corrected chi connectivity index (χ1v) is 5.84. The van der Waals surface area contributed by atoms with E-state index in [0.29, 0.717) is 11.3 Å². The second kappa shape index (κ2) is 4.57. The highest BCUT2D eigenvalue weighted by Crippen LogP contribution is 2.20. The molecule has 0 aromatic heterocycles. The first kappa shape index (κ1) is 11.6. The lowest BCUT2D eigenvalue weighted by Gasteiger charge is -2.20. The van der Waals surface area contributed by atoms with Crippen molar-refractivity contribution in [3.63, 3.8) is 0 Å². The van der Waals surface area contributed by atoms with Crippen molar-refractivity contribution in [2.75, 3.05) is 5.32 Å². The average molecular weight is 232 g/mol. The number of hydrogen-bond donors (Lipinski definition) is 2. The van der Waals surface area contributed by atoms with E-state index < -0.39 is 6.04 Å². The van der Waals surface area contributed by atoms with E-state index >= 15 is 0 Å². The summed E-state index contributed by atoms with van der Waals surface area (Å²) in [5.74, 6) is -0.213. The minimum Gasteiger partial charge on any atom is -0.340 e. The Hall–Kier alpha value is -1.84. The molecule has 17 heavy (non-hydrogen) atoms. The number of fused-ring (bicyclic) bond motifs is 1. The standard InChI is InChI=1S/C13H16N2O2/c1-3-8(2)11-13(17)14-10-7-5-4-6-9(10)12(16)15-11/h4-8,11H,3H2,1-2H3,(H,14,17)(H,15,16)/t8-,11-/m0/s1. The summed E-state index contributed by atoms with van der Waals surface area (Å²) in [7, 11) is 0. The second-order valence-corrected chi connectivity index (χ2v) is 4.37. The zero-order valence-corrected chi connectivity index (χ0v) is 9.99. The van der Waals surface area contributed by atoms with Gasteiger partial charge in [-0.15, -0.1) is 0 Å². The zero-order valence-electron chi connectivity index (χ0n) is 9.99. The molecule has 2 rings (SSSR count). The lowest BCUT2D eigenvalue weighted by molar-refractivity contribution is -0.119. The maximum Gasteiger partial charge on any atom is 0.254 e. The van der Waals surface area contributed by atoms with E-state index in [2.05, 4.69) is 10.6 Å². The van der Waals surface area contributed by atoms with Crippen molar-refractivity contribution in [3.8, 4) is 0 Å². The van der Waals surface area contributed by atoms with Crippen LogP contribution < -0.4 is 10.6 Å². The first-order valence-electron chi connectivity index (χ1n) is 5.84. The minimum absolute atomic E-state index is 0.119. The monoisotopic (exact) mass is 232 g/mol. The normalized spacial score (nSPS) is 20.9. The lowest BCUT2D eigenvalue weighted by Crippen LogP contribution is -2.45. The predicted octanol–water partition coefficient (Wildman–Crippen LogP) is 1.78. The number of amides is 2. The van der Waals surface area contributed by atoms with Gasteiger partial charge in [-0.3, -0.25) is 9.59 Å². The topological polar surface area (TPSA) is 58.2 Å². The van der Waals surface area contributed by atoms with Crippen LogP contribution in [0, 0.1) is 5.92 Å². The number of hydrogen-bond acceptors (Lipinski definition) is 2. The molecule has 1 aromatic rings. The Kier molecular flexibility index (Phi) is 3.13. The van der Waals surface area contributed by atoms with Crippen LogP contribution in [0.25, 0.3) is 0 Å². The number of benzene rings is 1. The molecule has 4 heteroatoms.